The number of hydrogen-bond acceptors (Lipinski definition) is 4. The molecular formula is C7H8BF3N2O2. The van der Waals surface area contributed by atoms with Crippen LogP contribution in [0.2, 0.25) is 0 Å². The van der Waals surface area contributed by atoms with Gasteiger partial charge in [-0.15, -0.1) is 0 Å². The molecule has 0 saturated heterocycles. The van der Waals surface area contributed by atoms with Gasteiger partial charge in [-0.05, 0) is 6.07 Å². The van der Waals surface area contributed by atoms with Crippen molar-refractivity contribution < 1.29 is 23.2 Å². The summed E-state index contributed by atoms with van der Waals surface area (Å²) in [5.74, 6) is -0.104. The number of hydrogen-bond donors (Lipinski definition) is 3. The van der Waals surface area contributed by atoms with E-state index >= 15 is 0 Å². The Bertz CT molecular complexity index is 310. The topological polar surface area (TPSA) is 65.4 Å². The lowest BCUT2D eigenvalue weighted by Gasteiger charge is -2.10. The summed E-state index contributed by atoms with van der Waals surface area (Å²) < 4.78 is 36.0. The van der Waals surface area contributed by atoms with Gasteiger partial charge in [0.1, 0.15) is 5.82 Å². The minimum atomic E-state index is -3.14. The zero-order valence-electron chi connectivity index (χ0n) is 7.44. The molecule has 1 unspecified atom stereocenters. The van der Waals surface area contributed by atoms with Crippen LogP contribution in [0.4, 0.5) is 19.0 Å². The Balaban J connectivity index is 2.64. The predicted octanol–water partition coefficient (Wildman–Crippen LogP) is -0.266. The summed E-state index contributed by atoms with van der Waals surface area (Å²) in [5, 5.41) is 19.2. The minimum absolute atomic E-state index is 0.0907. The smallest absolute Gasteiger partial charge is 0.423 e. The van der Waals surface area contributed by atoms with Crippen molar-refractivity contribution in [1.29, 1.82) is 0 Å². The molecule has 4 nitrogen and oxygen atoms in total. The maximum atomic E-state index is 12.5. The first-order chi connectivity index (χ1) is 7.00. The fraction of sp³-hybridized carbons (Fsp3) is 0.286. The Labute approximate surface area is 83.9 Å². The third-order valence-electron chi connectivity index (χ3n) is 1.59. The van der Waals surface area contributed by atoms with Crippen molar-refractivity contribution in [1.82, 2.24) is 4.98 Å². The molecule has 0 aliphatic rings. The Morgan fingerprint density at radius 3 is 2.33 bits per heavy atom. The number of halogens is 3. The van der Waals surface area contributed by atoms with E-state index < -0.39 is 19.8 Å². The van der Waals surface area contributed by atoms with Crippen molar-refractivity contribution in [2.45, 2.75) is 12.7 Å². The molecule has 0 amide bonds. The molecule has 0 aliphatic heterocycles. The average Bonchev–Trinajstić information content (AvgIpc) is 2.18. The summed E-state index contributed by atoms with van der Waals surface area (Å²) in [4.78, 5) is 3.52. The number of nitrogens with one attached hydrogen (secondary N) is 1. The molecule has 3 N–H and O–H groups in total. The summed E-state index contributed by atoms with van der Waals surface area (Å²) in [5.41, 5.74) is 0.0907. The van der Waals surface area contributed by atoms with E-state index in [1.165, 1.54) is 12.1 Å². The van der Waals surface area contributed by atoms with Crippen LogP contribution >= 0.6 is 0 Å². The lowest BCUT2D eigenvalue weighted by molar-refractivity contribution is 0.0648. The average molecular weight is 220 g/mol. The fourth-order valence-electron chi connectivity index (χ4n) is 0.848. The molecule has 0 saturated carbocycles. The van der Waals surface area contributed by atoms with Gasteiger partial charge in [-0.2, -0.15) is 0 Å². The normalized spacial score (nSPS) is 12.7. The van der Waals surface area contributed by atoms with E-state index in [0.717, 1.165) is 6.20 Å². The standard InChI is InChI=1S/C7H8BF3N2O2/c9-6(10)7(11)13-5-2-1-4(3-12-5)8(14)15/h1-3,6-7,14-15H,(H,12,13). The molecule has 1 aromatic heterocycles. The van der Waals surface area contributed by atoms with Crippen LogP contribution in [0.3, 0.4) is 0 Å². The van der Waals surface area contributed by atoms with Crippen LogP contribution in [0.25, 0.3) is 0 Å². The van der Waals surface area contributed by atoms with Gasteiger partial charge in [-0.25, -0.2) is 18.2 Å². The van der Waals surface area contributed by atoms with E-state index in [1.54, 1.807) is 0 Å². The van der Waals surface area contributed by atoms with Gasteiger partial charge >= 0.3 is 7.12 Å². The number of rotatable bonds is 4. The fourth-order valence-corrected chi connectivity index (χ4v) is 0.848. The zero-order valence-corrected chi connectivity index (χ0v) is 7.44. The third-order valence-corrected chi connectivity index (χ3v) is 1.59. The SMILES string of the molecule is OB(O)c1ccc(NC(F)C(F)F)nc1. The molecule has 1 rings (SSSR count). The van der Waals surface area contributed by atoms with Gasteiger partial charge in [0.15, 0.2) is 0 Å². The maximum Gasteiger partial charge on any atom is 0.490 e. The Morgan fingerprint density at radius 2 is 1.93 bits per heavy atom. The summed E-state index contributed by atoms with van der Waals surface area (Å²) in [6.07, 6.45) is -4.59. The molecule has 1 heterocycles. The highest BCUT2D eigenvalue weighted by Gasteiger charge is 2.19. The molecular weight excluding hydrogens is 212 g/mol. The minimum Gasteiger partial charge on any atom is -0.423 e. The Morgan fingerprint density at radius 1 is 1.27 bits per heavy atom. The molecule has 1 atom stereocenters. The Kier molecular flexibility index (Phi) is 3.92. The van der Waals surface area contributed by atoms with E-state index in [9.17, 15) is 13.2 Å². The van der Waals surface area contributed by atoms with E-state index in [1.807, 2.05) is 5.32 Å². The molecule has 0 aromatic carbocycles. The van der Waals surface area contributed by atoms with Gasteiger partial charge in [0.25, 0.3) is 6.43 Å². The number of nitrogens with zero attached hydrogens (tertiary/aromatic N) is 1. The Hall–Kier alpha value is -1.28. The van der Waals surface area contributed by atoms with Crippen LogP contribution in [-0.4, -0.2) is 34.9 Å². The first-order valence-corrected chi connectivity index (χ1v) is 4.01. The van der Waals surface area contributed by atoms with Crippen molar-refractivity contribution in [2.24, 2.45) is 0 Å². The summed E-state index contributed by atoms with van der Waals surface area (Å²) >= 11 is 0. The molecule has 0 radical (unpaired) electrons. The second-order valence-electron chi connectivity index (χ2n) is 2.73. The van der Waals surface area contributed by atoms with Gasteiger partial charge in [-0.1, -0.05) is 6.07 Å². The van der Waals surface area contributed by atoms with Crippen LogP contribution in [0.1, 0.15) is 0 Å². The highest BCUT2D eigenvalue weighted by Crippen LogP contribution is 2.09. The van der Waals surface area contributed by atoms with Gasteiger partial charge < -0.3 is 15.4 Å². The van der Waals surface area contributed by atoms with Crippen molar-refractivity contribution in [3.8, 4) is 0 Å². The first kappa shape index (κ1) is 11.8. The van der Waals surface area contributed by atoms with Gasteiger partial charge in [0.2, 0.25) is 6.30 Å². The van der Waals surface area contributed by atoms with Crippen LogP contribution in [-0.2, 0) is 0 Å². The van der Waals surface area contributed by atoms with Crippen LogP contribution in [0.15, 0.2) is 18.3 Å². The lowest BCUT2D eigenvalue weighted by Crippen LogP contribution is -2.30. The van der Waals surface area contributed by atoms with E-state index in [4.69, 9.17) is 10.0 Å². The molecule has 1 aromatic rings. The zero-order chi connectivity index (χ0) is 11.4. The molecule has 15 heavy (non-hydrogen) atoms. The number of aromatic nitrogens is 1. The number of alkyl halides is 3. The second kappa shape index (κ2) is 4.99. The molecule has 0 bridgehead atoms. The van der Waals surface area contributed by atoms with E-state index in [-0.39, 0.29) is 11.3 Å². The molecule has 8 heteroatoms. The van der Waals surface area contributed by atoms with Gasteiger partial charge in [0.05, 0.1) is 0 Å². The number of pyridine rings is 1. The molecule has 0 fully saturated rings. The highest BCUT2D eigenvalue weighted by atomic mass is 19.3. The monoisotopic (exact) mass is 220 g/mol. The third kappa shape index (κ3) is 3.41. The van der Waals surface area contributed by atoms with Crippen LogP contribution in [0, 0.1) is 0 Å². The van der Waals surface area contributed by atoms with Crippen molar-refractivity contribution in [3.05, 3.63) is 18.3 Å². The molecule has 0 aliphatic carbocycles. The number of anilines is 1. The van der Waals surface area contributed by atoms with E-state index in [2.05, 4.69) is 4.98 Å². The highest BCUT2D eigenvalue weighted by molar-refractivity contribution is 6.58. The van der Waals surface area contributed by atoms with Gasteiger partial charge in [-0.3, -0.25) is 0 Å². The van der Waals surface area contributed by atoms with Crippen molar-refractivity contribution in [3.63, 3.8) is 0 Å². The molecule has 82 valence electrons. The van der Waals surface area contributed by atoms with Crippen LogP contribution < -0.4 is 10.8 Å². The summed E-state index contributed by atoms with van der Waals surface area (Å²) in [6, 6.07) is 2.40. The van der Waals surface area contributed by atoms with E-state index in [0.29, 0.717) is 0 Å². The lowest BCUT2D eigenvalue weighted by atomic mass is 9.82. The first-order valence-electron chi connectivity index (χ1n) is 4.01. The second-order valence-corrected chi connectivity index (χ2v) is 2.73. The maximum absolute atomic E-state index is 12.5. The summed E-state index contributed by atoms with van der Waals surface area (Å²) in [7, 11) is -1.69. The quantitative estimate of drug-likeness (QED) is 0.482. The van der Waals surface area contributed by atoms with Crippen molar-refractivity contribution >= 4 is 18.4 Å². The summed E-state index contributed by atoms with van der Waals surface area (Å²) in [6.45, 7) is 0. The largest absolute Gasteiger partial charge is 0.490 e. The predicted molar refractivity (Wildman–Crippen MR) is 48.6 cm³/mol. The molecule has 0 spiro atoms. The van der Waals surface area contributed by atoms with Crippen LogP contribution in [0.5, 0.6) is 0 Å². The van der Waals surface area contributed by atoms with Crippen molar-refractivity contribution in [2.75, 3.05) is 5.32 Å². The van der Waals surface area contributed by atoms with Gasteiger partial charge in [0, 0.05) is 11.7 Å².